The van der Waals surface area contributed by atoms with E-state index in [1.165, 1.54) is 0 Å². The van der Waals surface area contributed by atoms with Crippen molar-refractivity contribution < 1.29 is 4.79 Å². The fourth-order valence-corrected chi connectivity index (χ4v) is 3.01. The highest BCUT2D eigenvalue weighted by atomic mass is 127. The number of anilines is 1. The van der Waals surface area contributed by atoms with Gasteiger partial charge in [0, 0.05) is 47.7 Å². The zero-order valence-electron chi connectivity index (χ0n) is 11.7. The maximum absolute atomic E-state index is 12.5. The van der Waals surface area contributed by atoms with Crippen molar-refractivity contribution in [1.29, 1.82) is 0 Å². The van der Waals surface area contributed by atoms with Gasteiger partial charge in [-0.1, -0.05) is 11.6 Å². The van der Waals surface area contributed by atoms with Crippen molar-refractivity contribution in [2.24, 2.45) is 0 Å². The average Bonchev–Trinajstić information content (AvgIpc) is 2.58. The number of rotatable bonds is 2. The smallest absolute Gasteiger partial charge is 0.254 e. The molecule has 0 atom stereocenters. The summed E-state index contributed by atoms with van der Waals surface area (Å²) in [5.74, 6) is 0.763. The first-order valence-electron chi connectivity index (χ1n) is 6.91. The molecule has 2 heterocycles. The van der Waals surface area contributed by atoms with E-state index in [1.807, 2.05) is 11.0 Å². The van der Waals surface area contributed by atoms with Crippen LogP contribution in [-0.4, -0.2) is 47.0 Å². The Bertz CT molecular complexity index is 674. The van der Waals surface area contributed by atoms with Gasteiger partial charge in [-0.25, -0.2) is 9.97 Å². The first-order chi connectivity index (χ1) is 10.6. The molecule has 5 nitrogen and oxygen atoms in total. The van der Waals surface area contributed by atoms with Crippen molar-refractivity contribution in [3.8, 4) is 0 Å². The Balaban J connectivity index is 1.66. The topological polar surface area (TPSA) is 49.3 Å². The largest absolute Gasteiger partial charge is 0.337 e. The Morgan fingerprint density at radius 2 is 1.82 bits per heavy atom. The highest BCUT2D eigenvalue weighted by Gasteiger charge is 2.23. The van der Waals surface area contributed by atoms with Gasteiger partial charge in [-0.2, -0.15) is 0 Å². The third kappa shape index (κ3) is 3.33. The van der Waals surface area contributed by atoms with Gasteiger partial charge in [0.15, 0.2) is 0 Å². The Morgan fingerprint density at radius 1 is 1.14 bits per heavy atom. The van der Waals surface area contributed by atoms with Gasteiger partial charge >= 0.3 is 0 Å². The second kappa shape index (κ2) is 6.78. The van der Waals surface area contributed by atoms with E-state index in [9.17, 15) is 4.79 Å². The van der Waals surface area contributed by atoms with Crippen molar-refractivity contribution in [3.05, 3.63) is 50.8 Å². The van der Waals surface area contributed by atoms with Crippen molar-refractivity contribution >= 4 is 46.0 Å². The number of amides is 1. The number of halogens is 2. The number of carbonyl (C=O) groups excluding carboxylic acids is 1. The van der Waals surface area contributed by atoms with E-state index in [4.69, 9.17) is 11.6 Å². The average molecular weight is 429 g/mol. The molecule has 2 aromatic rings. The Hall–Kier alpha value is -1.41. The van der Waals surface area contributed by atoms with E-state index in [0.29, 0.717) is 23.7 Å². The Kier molecular flexibility index (Phi) is 4.77. The highest BCUT2D eigenvalue weighted by molar-refractivity contribution is 14.1. The van der Waals surface area contributed by atoms with Crippen LogP contribution in [0.4, 0.5) is 5.95 Å². The van der Waals surface area contributed by atoms with Crippen LogP contribution < -0.4 is 4.90 Å². The summed E-state index contributed by atoms with van der Waals surface area (Å²) in [5.41, 5.74) is 0.679. The van der Waals surface area contributed by atoms with Gasteiger partial charge in [-0.15, -0.1) is 0 Å². The van der Waals surface area contributed by atoms with Crippen LogP contribution >= 0.6 is 34.2 Å². The van der Waals surface area contributed by atoms with Gasteiger partial charge in [0.2, 0.25) is 5.95 Å². The number of benzene rings is 1. The fraction of sp³-hybridized carbons (Fsp3) is 0.267. The molecule has 0 N–H and O–H groups in total. The van der Waals surface area contributed by atoms with Gasteiger partial charge < -0.3 is 9.80 Å². The molecule has 1 aliphatic heterocycles. The summed E-state index contributed by atoms with van der Waals surface area (Å²) in [4.78, 5) is 25.0. The molecule has 1 aromatic carbocycles. The number of piperazine rings is 1. The molecule has 0 bridgehead atoms. The van der Waals surface area contributed by atoms with Gasteiger partial charge in [0.25, 0.3) is 5.91 Å². The van der Waals surface area contributed by atoms with E-state index in [2.05, 4.69) is 37.5 Å². The predicted octanol–water partition coefficient (Wildman–Crippen LogP) is 2.70. The maximum Gasteiger partial charge on any atom is 0.254 e. The van der Waals surface area contributed by atoms with E-state index < -0.39 is 0 Å². The zero-order chi connectivity index (χ0) is 15.5. The number of aromatic nitrogens is 2. The van der Waals surface area contributed by atoms with E-state index in [1.54, 1.807) is 30.6 Å². The summed E-state index contributed by atoms with van der Waals surface area (Å²) in [6.45, 7) is 2.80. The molecular formula is C15H14ClIN4O. The normalized spacial score (nSPS) is 15.0. The molecular weight excluding hydrogens is 415 g/mol. The first-order valence-corrected chi connectivity index (χ1v) is 8.37. The minimum Gasteiger partial charge on any atom is -0.337 e. The molecule has 0 spiro atoms. The third-order valence-electron chi connectivity index (χ3n) is 3.57. The first kappa shape index (κ1) is 15.5. The Morgan fingerprint density at radius 3 is 2.45 bits per heavy atom. The quantitative estimate of drug-likeness (QED) is 0.690. The number of carbonyl (C=O) groups is 1. The number of nitrogens with zero attached hydrogens (tertiary/aromatic N) is 4. The summed E-state index contributed by atoms with van der Waals surface area (Å²) in [7, 11) is 0. The van der Waals surface area contributed by atoms with Gasteiger partial charge in [-0.05, 0) is 46.9 Å². The lowest BCUT2D eigenvalue weighted by Gasteiger charge is -2.34. The molecule has 1 aromatic heterocycles. The van der Waals surface area contributed by atoms with Crippen molar-refractivity contribution in [1.82, 2.24) is 14.9 Å². The lowest BCUT2D eigenvalue weighted by molar-refractivity contribution is 0.0746. The SMILES string of the molecule is O=C(c1ccc(Cl)c(I)c1)N1CCN(c2ncccn2)CC1. The van der Waals surface area contributed by atoms with Crippen molar-refractivity contribution in [2.75, 3.05) is 31.1 Å². The van der Waals surface area contributed by atoms with Gasteiger partial charge in [0.1, 0.15) is 0 Å². The number of hydrogen-bond acceptors (Lipinski definition) is 4. The molecule has 0 saturated carbocycles. The molecule has 1 saturated heterocycles. The van der Waals surface area contributed by atoms with Crippen LogP contribution in [0.2, 0.25) is 5.02 Å². The molecule has 22 heavy (non-hydrogen) atoms. The second-order valence-corrected chi connectivity index (χ2v) is 6.53. The lowest BCUT2D eigenvalue weighted by Crippen LogP contribution is -2.49. The summed E-state index contributed by atoms with van der Waals surface area (Å²) in [6, 6.07) is 7.17. The molecule has 1 fully saturated rings. The molecule has 1 amide bonds. The van der Waals surface area contributed by atoms with Crippen molar-refractivity contribution in [3.63, 3.8) is 0 Å². The van der Waals surface area contributed by atoms with Gasteiger partial charge in [0.05, 0.1) is 5.02 Å². The molecule has 0 unspecified atom stereocenters. The summed E-state index contributed by atoms with van der Waals surface area (Å²) < 4.78 is 0.890. The van der Waals surface area contributed by atoms with Gasteiger partial charge in [-0.3, -0.25) is 4.79 Å². The van der Waals surface area contributed by atoms with Crippen LogP contribution in [0.3, 0.4) is 0 Å². The monoisotopic (exact) mass is 428 g/mol. The van der Waals surface area contributed by atoms with Crippen LogP contribution in [0.25, 0.3) is 0 Å². The lowest BCUT2D eigenvalue weighted by atomic mass is 10.2. The molecule has 0 aliphatic carbocycles. The molecule has 114 valence electrons. The molecule has 0 radical (unpaired) electrons. The summed E-state index contributed by atoms with van der Waals surface area (Å²) >= 11 is 8.14. The van der Waals surface area contributed by atoms with Crippen LogP contribution in [-0.2, 0) is 0 Å². The Labute approximate surface area is 147 Å². The van der Waals surface area contributed by atoms with Crippen LogP contribution in [0.15, 0.2) is 36.7 Å². The fourth-order valence-electron chi connectivity index (χ4n) is 2.38. The summed E-state index contributed by atoms with van der Waals surface area (Å²) in [6.07, 6.45) is 3.46. The third-order valence-corrected chi connectivity index (χ3v) is 5.11. The van der Waals surface area contributed by atoms with Crippen LogP contribution in [0.1, 0.15) is 10.4 Å². The second-order valence-electron chi connectivity index (χ2n) is 4.96. The molecule has 1 aliphatic rings. The zero-order valence-corrected chi connectivity index (χ0v) is 14.7. The predicted molar refractivity (Wildman–Crippen MR) is 94.3 cm³/mol. The van der Waals surface area contributed by atoms with E-state index in [-0.39, 0.29) is 5.91 Å². The minimum atomic E-state index is 0.0446. The standard InChI is InChI=1S/C15H14ClIN4O/c16-12-3-2-11(10-13(12)17)14(22)20-6-8-21(9-7-20)15-18-4-1-5-19-15/h1-5,10H,6-9H2. The maximum atomic E-state index is 12.5. The summed E-state index contributed by atoms with van der Waals surface area (Å²) in [5, 5.41) is 0.670. The molecule has 3 rings (SSSR count). The van der Waals surface area contributed by atoms with Crippen LogP contribution in [0.5, 0.6) is 0 Å². The van der Waals surface area contributed by atoms with E-state index >= 15 is 0 Å². The number of hydrogen-bond donors (Lipinski definition) is 0. The van der Waals surface area contributed by atoms with Crippen LogP contribution in [0, 0.1) is 3.57 Å². The highest BCUT2D eigenvalue weighted by Crippen LogP contribution is 2.21. The minimum absolute atomic E-state index is 0.0446. The van der Waals surface area contributed by atoms with E-state index in [0.717, 1.165) is 22.6 Å². The van der Waals surface area contributed by atoms with Crippen molar-refractivity contribution in [2.45, 2.75) is 0 Å². The molecule has 7 heteroatoms.